The van der Waals surface area contributed by atoms with Gasteiger partial charge in [-0.3, -0.25) is 4.79 Å². The Hall–Kier alpha value is -1.94. The van der Waals surface area contributed by atoms with E-state index >= 15 is 0 Å². The van der Waals surface area contributed by atoms with Gasteiger partial charge in [-0.1, -0.05) is 12.1 Å². The molecular weight excluding hydrogens is 376 g/mol. The van der Waals surface area contributed by atoms with Crippen LogP contribution in [0.15, 0.2) is 40.6 Å². The van der Waals surface area contributed by atoms with Gasteiger partial charge in [-0.05, 0) is 23.8 Å². The zero-order valence-electron chi connectivity index (χ0n) is 14.3. The lowest BCUT2D eigenvalue weighted by atomic mass is 10.2. The van der Waals surface area contributed by atoms with E-state index in [4.69, 9.17) is 9.47 Å². The summed E-state index contributed by atoms with van der Waals surface area (Å²) in [5, 5.41) is 4.31. The van der Waals surface area contributed by atoms with Crippen molar-refractivity contribution in [1.29, 1.82) is 0 Å². The minimum absolute atomic E-state index is 0.152. The molecule has 0 bridgehead atoms. The SMILES string of the molecule is COc1ccc(CNC(=O)c2cc(S(=O)(=O)N3CCOCC3)cs2)cc1. The molecule has 1 aromatic carbocycles. The van der Waals surface area contributed by atoms with Gasteiger partial charge in [0.15, 0.2) is 0 Å². The zero-order valence-corrected chi connectivity index (χ0v) is 15.9. The Bertz CT molecular complexity index is 856. The Morgan fingerprint density at radius 3 is 2.62 bits per heavy atom. The van der Waals surface area contributed by atoms with Gasteiger partial charge in [0.25, 0.3) is 5.91 Å². The molecule has 0 saturated carbocycles. The summed E-state index contributed by atoms with van der Waals surface area (Å²) in [6.07, 6.45) is 0. The third kappa shape index (κ3) is 4.24. The first-order valence-corrected chi connectivity index (χ1v) is 10.4. The molecule has 1 aliphatic rings. The molecule has 0 atom stereocenters. The third-order valence-electron chi connectivity index (χ3n) is 4.02. The van der Waals surface area contributed by atoms with Gasteiger partial charge in [0.1, 0.15) is 5.75 Å². The van der Waals surface area contributed by atoms with Gasteiger partial charge in [-0.2, -0.15) is 4.31 Å². The summed E-state index contributed by atoms with van der Waals surface area (Å²) in [7, 11) is -1.99. The Morgan fingerprint density at radius 2 is 1.96 bits per heavy atom. The quantitative estimate of drug-likeness (QED) is 0.804. The van der Waals surface area contributed by atoms with Gasteiger partial charge in [0.2, 0.25) is 10.0 Å². The number of nitrogens with zero attached hydrogens (tertiary/aromatic N) is 1. The molecule has 2 aromatic rings. The normalized spacial score (nSPS) is 15.6. The second-order valence-corrected chi connectivity index (χ2v) is 8.54. The van der Waals surface area contributed by atoms with Crippen LogP contribution in [0.3, 0.4) is 0 Å². The van der Waals surface area contributed by atoms with Gasteiger partial charge >= 0.3 is 0 Å². The molecular formula is C17H20N2O5S2. The van der Waals surface area contributed by atoms with Crippen molar-refractivity contribution in [2.45, 2.75) is 11.4 Å². The van der Waals surface area contributed by atoms with Crippen molar-refractivity contribution in [1.82, 2.24) is 9.62 Å². The van der Waals surface area contributed by atoms with Crippen LogP contribution in [0.1, 0.15) is 15.2 Å². The first kappa shape index (κ1) is 18.8. The molecule has 1 fully saturated rings. The van der Waals surface area contributed by atoms with Crippen molar-refractivity contribution in [3.8, 4) is 5.75 Å². The first-order valence-electron chi connectivity index (χ1n) is 8.08. The number of hydrogen-bond acceptors (Lipinski definition) is 6. The minimum atomic E-state index is -3.58. The molecule has 3 rings (SSSR count). The average Bonchev–Trinajstić information content (AvgIpc) is 3.18. The number of carbonyl (C=O) groups is 1. The number of hydrogen-bond donors (Lipinski definition) is 1. The number of benzene rings is 1. The van der Waals surface area contributed by atoms with Gasteiger partial charge in [-0.15, -0.1) is 11.3 Å². The van der Waals surface area contributed by atoms with E-state index in [0.717, 1.165) is 22.6 Å². The molecule has 1 aromatic heterocycles. The van der Waals surface area contributed by atoms with Crippen LogP contribution in [0.25, 0.3) is 0 Å². The van der Waals surface area contributed by atoms with E-state index in [1.807, 2.05) is 24.3 Å². The number of morpholine rings is 1. The van der Waals surface area contributed by atoms with Crippen LogP contribution in [0, 0.1) is 0 Å². The monoisotopic (exact) mass is 396 g/mol. The number of rotatable bonds is 6. The summed E-state index contributed by atoms with van der Waals surface area (Å²) in [6.45, 7) is 1.79. The van der Waals surface area contributed by atoms with Gasteiger partial charge < -0.3 is 14.8 Å². The lowest BCUT2D eigenvalue weighted by Crippen LogP contribution is -2.40. The largest absolute Gasteiger partial charge is 0.497 e. The van der Waals surface area contributed by atoms with Crippen molar-refractivity contribution >= 4 is 27.3 Å². The van der Waals surface area contributed by atoms with Crippen LogP contribution in [0.5, 0.6) is 5.75 Å². The number of methoxy groups -OCH3 is 1. The molecule has 1 amide bonds. The second-order valence-electron chi connectivity index (χ2n) is 5.69. The maximum Gasteiger partial charge on any atom is 0.261 e. The van der Waals surface area contributed by atoms with Crippen LogP contribution in [0.4, 0.5) is 0 Å². The Morgan fingerprint density at radius 1 is 1.27 bits per heavy atom. The number of carbonyl (C=O) groups excluding carboxylic acids is 1. The summed E-state index contributed by atoms with van der Waals surface area (Å²) in [6, 6.07) is 8.79. The number of thiophene rings is 1. The highest BCUT2D eigenvalue weighted by atomic mass is 32.2. The van der Waals surface area contributed by atoms with Gasteiger partial charge in [-0.25, -0.2) is 8.42 Å². The predicted molar refractivity (Wildman–Crippen MR) is 98.1 cm³/mol. The van der Waals surface area contributed by atoms with Crippen molar-refractivity contribution < 1.29 is 22.7 Å². The van der Waals surface area contributed by atoms with Crippen LogP contribution >= 0.6 is 11.3 Å². The fourth-order valence-corrected chi connectivity index (χ4v) is 5.11. The standard InChI is InChI=1S/C17H20N2O5S2/c1-23-14-4-2-13(3-5-14)11-18-17(20)16-10-15(12-25-16)26(21,22)19-6-8-24-9-7-19/h2-5,10,12H,6-9,11H2,1H3,(H,18,20). The summed E-state index contributed by atoms with van der Waals surface area (Å²) in [5.74, 6) is 0.450. The van der Waals surface area contributed by atoms with E-state index in [1.54, 1.807) is 7.11 Å². The fourth-order valence-electron chi connectivity index (χ4n) is 2.52. The predicted octanol–water partition coefficient (Wildman–Crippen LogP) is 1.71. The van der Waals surface area contributed by atoms with E-state index in [9.17, 15) is 13.2 Å². The molecule has 0 aliphatic carbocycles. The van der Waals surface area contributed by atoms with Crippen molar-refractivity contribution in [2.75, 3.05) is 33.4 Å². The van der Waals surface area contributed by atoms with Crippen LogP contribution in [-0.4, -0.2) is 52.0 Å². The Kier molecular flexibility index (Phi) is 5.92. The number of sulfonamides is 1. The molecule has 1 N–H and O–H groups in total. The van der Waals surface area contributed by atoms with Crippen molar-refractivity contribution in [2.24, 2.45) is 0 Å². The molecule has 7 nitrogen and oxygen atoms in total. The number of ether oxygens (including phenoxy) is 2. The number of amides is 1. The topological polar surface area (TPSA) is 84.9 Å². The summed E-state index contributed by atoms with van der Waals surface area (Å²) in [5.41, 5.74) is 0.928. The second kappa shape index (κ2) is 8.17. The average molecular weight is 396 g/mol. The summed E-state index contributed by atoms with van der Waals surface area (Å²) < 4.78 is 36.9. The molecule has 0 spiro atoms. The summed E-state index contributed by atoms with van der Waals surface area (Å²) >= 11 is 1.12. The molecule has 1 saturated heterocycles. The molecule has 2 heterocycles. The smallest absolute Gasteiger partial charge is 0.261 e. The van der Waals surface area contributed by atoms with Crippen LogP contribution in [-0.2, 0) is 21.3 Å². The van der Waals surface area contributed by atoms with Crippen molar-refractivity contribution in [3.63, 3.8) is 0 Å². The first-order chi connectivity index (χ1) is 12.5. The minimum Gasteiger partial charge on any atom is -0.497 e. The maximum atomic E-state index is 12.6. The Balaban J connectivity index is 1.63. The van der Waals surface area contributed by atoms with E-state index in [1.165, 1.54) is 15.8 Å². The lowest BCUT2D eigenvalue weighted by Gasteiger charge is -2.25. The Labute approximate surface area is 156 Å². The maximum absolute atomic E-state index is 12.6. The van der Waals surface area contributed by atoms with Crippen LogP contribution < -0.4 is 10.1 Å². The third-order valence-corrected chi connectivity index (χ3v) is 6.97. The van der Waals surface area contributed by atoms with Crippen LogP contribution in [0.2, 0.25) is 0 Å². The molecule has 140 valence electrons. The summed E-state index contributed by atoms with van der Waals surface area (Å²) in [4.78, 5) is 12.8. The van der Waals surface area contributed by atoms with Gasteiger partial charge in [0.05, 0.1) is 30.1 Å². The molecule has 26 heavy (non-hydrogen) atoms. The van der Waals surface area contributed by atoms with Gasteiger partial charge in [0, 0.05) is 25.0 Å². The highest BCUT2D eigenvalue weighted by molar-refractivity contribution is 7.89. The van der Waals surface area contributed by atoms with Crippen molar-refractivity contribution in [3.05, 3.63) is 46.2 Å². The highest BCUT2D eigenvalue weighted by Crippen LogP contribution is 2.23. The molecule has 1 aliphatic heterocycles. The lowest BCUT2D eigenvalue weighted by molar-refractivity contribution is 0.0730. The van der Waals surface area contributed by atoms with E-state index in [-0.39, 0.29) is 10.8 Å². The molecule has 0 radical (unpaired) electrons. The van der Waals surface area contributed by atoms with E-state index in [0.29, 0.717) is 37.7 Å². The number of nitrogens with one attached hydrogen (secondary N) is 1. The van der Waals surface area contributed by atoms with E-state index in [2.05, 4.69) is 5.32 Å². The zero-order chi connectivity index (χ0) is 18.6. The fraction of sp³-hybridized carbons (Fsp3) is 0.353. The van der Waals surface area contributed by atoms with E-state index < -0.39 is 10.0 Å². The molecule has 0 unspecified atom stereocenters. The molecule has 9 heteroatoms. The highest BCUT2D eigenvalue weighted by Gasteiger charge is 2.28.